The third kappa shape index (κ3) is 12.6. The zero-order chi connectivity index (χ0) is 50.5. The van der Waals surface area contributed by atoms with Gasteiger partial charge in [-0.1, -0.05) is 63.2 Å². The molecule has 2 aromatic heterocycles. The van der Waals surface area contributed by atoms with Crippen LogP contribution < -0.4 is 15.4 Å². The summed E-state index contributed by atoms with van der Waals surface area (Å²) in [5.41, 5.74) is 4.67. The highest BCUT2D eigenvalue weighted by Gasteiger charge is 2.45. The van der Waals surface area contributed by atoms with E-state index in [2.05, 4.69) is 20.6 Å². The topological polar surface area (TPSA) is 158 Å². The molecule has 4 N–H and O–H groups in total. The number of benzene rings is 3. The Bertz CT molecular complexity index is 2590. The fraction of sp³-hybridized carbons (Fsp3) is 0.509. The number of hydrogen-bond acceptors (Lipinski definition) is 10. The number of alkyl halides is 1. The number of H-pyrrole nitrogens is 1. The van der Waals surface area contributed by atoms with Gasteiger partial charge in [0, 0.05) is 66.5 Å². The maximum Gasteiger partial charge on any atom is 0.246 e. The highest BCUT2D eigenvalue weighted by atomic mass is 32.1. The molecule has 13 nitrogen and oxygen atoms in total. The first-order chi connectivity index (χ1) is 33.2. The summed E-state index contributed by atoms with van der Waals surface area (Å²) in [5, 5.41) is 17.4. The number of aryl methyl sites for hydroxylation is 1. The molecule has 4 heterocycles. The Morgan fingerprint density at radius 2 is 1.64 bits per heavy atom. The minimum absolute atomic E-state index is 0.0163. The molecule has 0 saturated carbocycles. The lowest BCUT2D eigenvalue weighted by Crippen LogP contribution is -2.58. The summed E-state index contributed by atoms with van der Waals surface area (Å²) in [6, 6.07) is 14.6. The van der Waals surface area contributed by atoms with Crippen LogP contribution in [0.1, 0.15) is 108 Å². The predicted octanol–water partition coefficient (Wildman–Crippen LogP) is 8.52. The third-order valence-electron chi connectivity index (χ3n) is 13.0. The summed E-state index contributed by atoms with van der Waals surface area (Å²) in [7, 11) is 0. The Kier molecular flexibility index (Phi) is 16.8. The maximum absolute atomic E-state index is 16.0. The monoisotopic (exact) mass is 988 g/mol. The van der Waals surface area contributed by atoms with Crippen molar-refractivity contribution >= 4 is 40.0 Å². The molecule has 378 valence electrons. The number of para-hydroxylation sites is 1. The number of carbonyl (C=O) groups excluding carboxylic acids is 3. The van der Waals surface area contributed by atoms with E-state index in [1.807, 2.05) is 95.0 Å². The number of nitrogens with zero attached hydrogens (tertiary/aromatic N) is 3. The number of aromatic amines is 1. The zero-order valence-electron chi connectivity index (χ0n) is 41.4. The number of thiazole rings is 1. The molecule has 0 bridgehead atoms. The van der Waals surface area contributed by atoms with Gasteiger partial charge in [-0.25, -0.2) is 18.2 Å². The lowest BCUT2D eigenvalue weighted by molar-refractivity contribution is -0.144. The molecule has 2 aliphatic rings. The lowest BCUT2D eigenvalue weighted by Gasteiger charge is -2.43. The first-order valence-electron chi connectivity index (χ1n) is 24.1. The number of β-amino-alcohol motifs (C(OH)–C–C–N with tert-alkyl or cyclic N) is 1. The average molecular weight is 989 g/mol. The Balaban J connectivity index is 0.833. The molecule has 7 rings (SSSR count). The van der Waals surface area contributed by atoms with Gasteiger partial charge < -0.3 is 39.8 Å². The minimum Gasteiger partial charge on any atom is -0.493 e. The lowest BCUT2D eigenvalue weighted by atomic mass is 9.85. The molecule has 3 aromatic carbocycles. The van der Waals surface area contributed by atoms with Gasteiger partial charge in [0.25, 0.3) is 0 Å². The summed E-state index contributed by atoms with van der Waals surface area (Å²) in [4.78, 5) is 52.7. The van der Waals surface area contributed by atoms with E-state index in [4.69, 9.17) is 14.2 Å². The van der Waals surface area contributed by atoms with Crippen molar-refractivity contribution in [2.45, 2.75) is 123 Å². The molecule has 3 amide bonds. The second-order valence-electron chi connectivity index (χ2n) is 20.3. The molecule has 1 fully saturated rings. The number of aliphatic hydroxyl groups is 1. The SMILES string of the molecule is Cc1ncsc1-c1ccc([C@H](C)NC(=O)[C@@H]2C[C@@H](O)CN2C(=O)C(NC(=O)COCCOCCCCOc2cc(F)c([C@@H]3c4[nH]c5ccccc5c4C[C@@H](C)N3CC(C)(C)F)c(F)c2)C(C)(C)C)cc1. The van der Waals surface area contributed by atoms with Crippen molar-refractivity contribution in [3.05, 3.63) is 106 Å². The molecule has 5 aromatic rings. The largest absolute Gasteiger partial charge is 0.493 e. The fourth-order valence-corrected chi connectivity index (χ4v) is 10.3. The van der Waals surface area contributed by atoms with Crippen molar-refractivity contribution in [2.75, 3.05) is 46.1 Å². The van der Waals surface area contributed by atoms with Gasteiger partial charge in [0.1, 0.15) is 41.7 Å². The van der Waals surface area contributed by atoms with Gasteiger partial charge >= 0.3 is 0 Å². The van der Waals surface area contributed by atoms with E-state index in [-0.39, 0.29) is 69.3 Å². The summed E-state index contributed by atoms with van der Waals surface area (Å²) in [6.45, 7) is 14.6. The van der Waals surface area contributed by atoms with Crippen LogP contribution in [-0.4, -0.2) is 119 Å². The molecule has 70 heavy (non-hydrogen) atoms. The second kappa shape index (κ2) is 22.4. The highest BCUT2D eigenvalue weighted by Crippen LogP contribution is 2.44. The van der Waals surface area contributed by atoms with E-state index in [9.17, 15) is 19.5 Å². The molecule has 1 unspecified atom stereocenters. The number of amides is 3. The van der Waals surface area contributed by atoms with Crippen molar-refractivity contribution in [3.8, 4) is 16.2 Å². The van der Waals surface area contributed by atoms with Crippen LogP contribution in [0.3, 0.4) is 0 Å². The number of carbonyl (C=O) groups is 3. The molecule has 0 spiro atoms. The number of unbranched alkanes of at least 4 members (excludes halogenated alkanes) is 1. The number of fused-ring (bicyclic) bond motifs is 3. The van der Waals surface area contributed by atoms with E-state index in [0.29, 0.717) is 31.6 Å². The molecule has 0 aliphatic carbocycles. The fourth-order valence-electron chi connectivity index (χ4n) is 9.50. The number of aromatic nitrogens is 2. The first kappa shape index (κ1) is 52.5. The van der Waals surface area contributed by atoms with Crippen LogP contribution in [-0.2, 0) is 30.3 Å². The number of halogens is 3. The van der Waals surface area contributed by atoms with Crippen molar-refractivity contribution in [2.24, 2.45) is 5.41 Å². The van der Waals surface area contributed by atoms with Crippen molar-refractivity contribution in [1.29, 1.82) is 0 Å². The predicted molar refractivity (Wildman–Crippen MR) is 264 cm³/mol. The van der Waals surface area contributed by atoms with Crippen LogP contribution in [0.4, 0.5) is 13.2 Å². The number of nitrogens with one attached hydrogen (secondary N) is 3. The molecular weight excluding hydrogens is 922 g/mol. The molecule has 2 aliphatic heterocycles. The van der Waals surface area contributed by atoms with Crippen molar-refractivity contribution in [1.82, 2.24) is 30.4 Å². The maximum atomic E-state index is 16.0. The van der Waals surface area contributed by atoms with Gasteiger partial charge in [0.05, 0.1) is 54.1 Å². The molecule has 17 heteroatoms. The normalized spacial score (nSPS) is 19.5. The van der Waals surface area contributed by atoms with Gasteiger partial charge in [-0.3, -0.25) is 19.3 Å². The van der Waals surface area contributed by atoms with Gasteiger partial charge in [0.2, 0.25) is 17.7 Å². The Morgan fingerprint density at radius 3 is 2.31 bits per heavy atom. The van der Waals surface area contributed by atoms with E-state index in [0.717, 1.165) is 38.2 Å². The van der Waals surface area contributed by atoms with Crippen LogP contribution in [0.5, 0.6) is 5.75 Å². The van der Waals surface area contributed by atoms with E-state index in [1.54, 1.807) is 16.8 Å². The van der Waals surface area contributed by atoms with Crippen LogP contribution in [0.15, 0.2) is 66.2 Å². The van der Waals surface area contributed by atoms with Crippen LogP contribution in [0.2, 0.25) is 0 Å². The average Bonchev–Trinajstić information content (AvgIpc) is 4.02. The molecular formula is C53H67F3N6O7S. The quantitative estimate of drug-likeness (QED) is 0.0562. The van der Waals surface area contributed by atoms with Gasteiger partial charge in [-0.15, -0.1) is 11.3 Å². The zero-order valence-corrected chi connectivity index (χ0v) is 42.2. The third-order valence-corrected chi connectivity index (χ3v) is 14.0. The van der Waals surface area contributed by atoms with Crippen LogP contribution >= 0.6 is 11.3 Å². The van der Waals surface area contributed by atoms with Crippen LogP contribution in [0, 0.1) is 24.0 Å². The second-order valence-corrected chi connectivity index (χ2v) is 21.2. The van der Waals surface area contributed by atoms with E-state index in [1.165, 1.54) is 30.9 Å². The molecule has 6 atom stereocenters. The summed E-state index contributed by atoms with van der Waals surface area (Å²) >= 11 is 1.56. The highest BCUT2D eigenvalue weighted by molar-refractivity contribution is 7.13. The van der Waals surface area contributed by atoms with E-state index < -0.39 is 64.7 Å². The number of likely N-dealkylation sites (tertiary alicyclic amines) is 1. The van der Waals surface area contributed by atoms with Gasteiger partial charge in [-0.2, -0.15) is 0 Å². The van der Waals surface area contributed by atoms with Crippen LogP contribution in [0.25, 0.3) is 21.3 Å². The summed E-state index contributed by atoms with van der Waals surface area (Å²) in [5.74, 6) is -2.88. The molecule has 0 radical (unpaired) electrons. The van der Waals surface area contributed by atoms with Crippen molar-refractivity contribution < 1.29 is 46.9 Å². The smallest absolute Gasteiger partial charge is 0.246 e. The minimum atomic E-state index is -1.61. The number of aliphatic hydroxyl groups excluding tert-OH is 1. The Hall–Kier alpha value is -5.33. The summed E-state index contributed by atoms with van der Waals surface area (Å²) < 4.78 is 64.2. The first-order valence-corrected chi connectivity index (χ1v) is 25.0. The number of ether oxygens (including phenoxy) is 3. The van der Waals surface area contributed by atoms with Gasteiger partial charge in [-0.05, 0) is 82.1 Å². The van der Waals surface area contributed by atoms with Gasteiger partial charge in [0.15, 0.2) is 0 Å². The Labute approximate surface area is 412 Å². The van der Waals surface area contributed by atoms with Crippen molar-refractivity contribution in [3.63, 3.8) is 0 Å². The summed E-state index contributed by atoms with van der Waals surface area (Å²) in [6.07, 6.45) is 0.889. The number of hydrogen-bond donors (Lipinski definition) is 4. The molecule has 1 saturated heterocycles. The number of rotatable bonds is 20. The van der Waals surface area contributed by atoms with E-state index >= 15 is 13.2 Å². The standard InChI is InChI=1S/C53H67F3N6O7S/c1-31-23-39-38-13-9-10-14-42(38)59-46(39)47(62(31)29-53(7,8)56)45-40(54)25-37(26-41(45)55)69-20-12-11-19-67-21-22-68-28-44(64)60-49(52(4,5)6)51(66)61-27-36(63)24-43(61)50(65)58-32(2)34-15-17-35(18-16-34)48-33(3)57-30-70-48/h9-10,13-18,25-26,30-32,36,43,47,49,59,63H,11-12,19-24,27-29H2,1-8H3,(H,58,65)(H,60,64)/t31-,32+,36-,43+,47-,49?/m1/s1. The Morgan fingerprint density at radius 1 is 0.957 bits per heavy atom.